The summed E-state index contributed by atoms with van der Waals surface area (Å²) >= 11 is 0. The molecule has 0 saturated heterocycles. The van der Waals surface area contributed by atoms with Gasteiger partial charge in [0.05, 0.1) is 0 Å². The molecule has 0 aromatic heterocycles. The number of hydrogen-bond acceptors (Lipinski definition) is 2. The van der Waals surface area contributed by atoms with Crippen LogP contribution in [0.2, 0.25) is 0 Å². The minimum atomic E-state index is 0.0245. The Morgan fingerprint density at radius 2 is 2.06 bits per heavy atom. The van der Waals surface area contributed by atoms with E-state index in [4.69, 9.17) is 10.8 Å². The molecule has 0 atom stereocenters. The molecule has 4 N–H and O–H groups in total. The van der Waals surface area contributed by atoms with Gasteiger partial charge in [-0.3, -0.25) is 4.99 Å². The van der Waals surface area contributed by atoms with Crippen molar-refractivity contribution in [3.8, 4) is 0 Å². The van der Waals surface area contributed by atoms with Crippen LogP contribution in [0.15, 0.2) is 4.99 Å². The van der Waals surface area contributed by atoms with E-state index in [2.05, 4.69) is 24.2 Å². The maximum Gasteiger partial charge on any atom is 0.188 e. The smallest absolute Gasteiger partial charge is 0.188 e. The molecule has 1 fully saturated rings. The Labute approximate surface area is 98.3 Å². The van der Waals surface area contributed by atoms with Gasteiger partial charge in [-0.25, -0.2) is 0 Å². The number of nitrogens with one attached hydrogen (secondary N) is 1. The summed E-state index contributed by atoms with van der Waals surface area (Å²) in [6, 6.07) is 0.518. The maximum absolute atomic E-state index is 8.90. The normalized spacial score (nSPS) is 19.1. The largest absolute Gasteiger partial charge is 0.396 e. The van der Waals surface area contributed by atoms with Crippen LogP contribution in [0.4, 0.5) is 0 Å². The maximum atomic E-state index is 8.90. The predicted molar refractivity (Wildman–Crippen MR) is 67.4 cm³/mol. The van der Waals surface area contributed by atoms with Crippen molar-refractivity contribution < 1.29 is 5.11 Å². The Morgan fingerprint density at radius 1 is 1.44 bits per heavy atom. The van der Waals surface area contributed by atoms with Crippen molar-refractivity contribution in [3.05, 3.63) is 0 Å². The number of guanidine groups is 1. The van der Waals surface area contributed by atoms with Crippen LogP contribution in [0.1, 0.15) is 46.0 Å². The number of aliphatic imine (C=N–C) groups is 1. The molecule has 0 bridgehead atoms. The first-order valence-electron chi connectivity index (χ1n) is 6.21. The number of hydrogen-bond donors (Lipinski definition) is 3. The first-order chi connectivity index (χ1) is 7.53. The van der Waals surface area contributed by atoms with Gasteiger partial charge in [-0.15, -0.1) is 0 Å². The molecule has 0 heterocycles. The summed E-state index contributed by atoms with van der Waals surface area (Å²) in [4.78, 5) is 4.35. The predicted octanol–water partition coefficient (Wildman–Crippen LogP) is 1.24. The third-order valence-corrected chi connectivity index (χ3v) is 3.17. The highest BCUT2D eigenvalue weighted by molar-refractivity contribution is 5.78. The zero-order chi connectivity index (χ0) is 12.0. The monoisotopic (exact) mass is 227 g/mol. The number of nitrogens with two attached hydrogens (primary N) is 1. The minimum Gasteiger partial charge on any atom is -0.396 e. The molecule has 94 valence electrons. The molecule has 0 amide bonds. The number of rotatable bonds is 5. The molecule has 0 unspecified atom stereocenters. The Morgan fingerprint density at radius 3 is 2.62 bits per heavy atom. The average molecular weight is 227 g/mol. The van der Waals surface area contributed by atoms with Gasteiger partial charge in [-0.05, 0) is 24.7 Å². The van der Waals surface area contributed by atoms with Crippen LogP contribution in [0, 0.1) is 5.41 Å². The summed E-state index contributed by atoms with van der Waals surface area (Å²) in [7, 11) is 0. The van der Waals surface area contributed by atoms with Gasteiger partial charge in [0.1, 0.15) is 0 Å². The van der Waals surface area contributed by atoms with E-state index in [1.54, 1.807) is 0 Å². The fourth-order valence-electron chi connectivity index (χ4n) is 2.01. The van der Waals surface area contributed by atoms with E-state index in [0.717, 1.165) is 6.42 Å². The van der Waals surface area contributed by atoms with E-state index in [-0.39, 0.29) is 12.0 Å². The molecule has 1 aliphatic rings. The highest BCUT2D eigenvalue weighted by Crippen LogP contribution is 2.20. The molecule has 0 spiro atoms. The van der Waals surface area contributed by atoms with Gasteiger partial charge in [0.15, 0.2) is 5.96 Å². The number of aliphatic hydroxyl groups is 1. The average Bonchev–Trinajstić information content (AvgIpc) is 2.68. The zero-order valence-electron chi connectivity index (χ0n) is 10.5. The van der Waals surface area contributed by atoms with Crippen LogP contribution in [0.25, 0.3) is 0 Å². The van der Waals surface area contributed by atoms with Crippen molar-refractivity contribution in [1.82, 2.24) is 5.32 Å². The van der Waals surface area contributed by atoms with Crippen LogP contribution < -0.4 is 11.1 Å². The molecule has 4 heteroatoms. The van der Waals surface area contributed by atoms with Gasteiger partial charge in [0.25, 0.3) is 0 Å². The summed E-state index contributed by atoms with van der Waals surface area (Å²) in [6.45, 7) is 5.06. The molecule has 0 aromatic rings. The molecule has 0 aliphatic heterocycles. The second kappa shape index (κ2) is 6.09. The van der Waals surface area contributed by atoms with E-state index >= 15 is 0 Å². The van der Waals surface area contributed by atoms with Crippen LogP contribution in [0.5, 0.6) is 0 Å². The molecule has 1 aliphatic carbocycles. The summed E-state index contributed by atoms with van der Waals surface area (Å²) in [5.41, 5.74) is 5.86. The fourth-order valence-corrected chi connectivity index (χ4v) is 2.01. The second-order valence-corrected chi connectivity index (χ2v) is 5.47. The summed E-state index contributed by atoms with van der Waals surface area (Å²) in [5, 5.41) is 12.2. The van der Waals surface area contributed by atoms with Crippen molar-refractivity contribution in [1.29, 1.82) is 0 Å². The van der Waals surface area contributed by atoms with Crippen LogP contribution >= 0.6 is 0 Å². The van der Waals surface area contributed by atoms with Crippen molar-refractivity contribution in [3.63, 3.8) is 0 Å². The lowest BCUT2D eigenvalue weighted by Gasteiger charge is -2.21. The van der Waals surface area contributed by atoms with Crippen molar-refractivity contribution in [2.45, 2.75) is 52.0 Å². The lowest BCUT2D eigenvalue weighted by molar-refractivity contribution is 0.217. The molecular formula is C12H25N3O. The second-order valence-electron chi connectivity index (χ2n) is 5.47. The standard InChI is InChI=1S/C12H25N3O/c1-12(2,7-8-16)9-14-11(13)15-10-5-3-4-6-10/h10,16H,3-9H2,1-2H3,(H3,13,14,15). The Bertz CT molecular complexity index is 232. The first kappa shape index (κ1) is 13.3. The van der Waals surface area contributed by atoms with Gasteiger partial charge in [0, 0.05) is 19.2 Å². The number of aliphatic hydroxyl groups excluding tert-OH is 1. The van der Waals surface area contributed by atoms with E-state index in [0.29, 0.717) is 18.5 Å². The quantitative estimate of drug-likeness (QED) is 0.489. The van der Waals surface area contributed by atoms with Crippen molar-refractivity contribution in [2.75, 3.05) is 13.2 Å². The Kier molecular flexibility index (Phi) is 5.06. The zero-order valence-corrected chi connectivity index (χ0v) is 10.5. The van der Waals surface area contributed by atoms with E-state index in [9.17, 15) is 0 Å². The van der Waals surface area contributed by atoms with E-state index in [1.807, 2.05) is 0 Å². The molecule has 1 saturated carbocycles. The number of nitrogens with zero attached hydrogens (tertiary/aromatic N) is 1. The topological polar surface area (TPSA) is 70.6 Å². The Balaban J connectivity index is 2.31. The van der Waals surface area contributed by atoms with Gasteiger partial charge >= 0.3 is 0 Å². The van der Waals surface area contributed by atoms with Gasteiger partial charge < -0.3 is 16.2 Å². The molecule has 0 aromatic carbocycles. The van der Waals surface area contributed by atoms with Crippen LogP contribution in [-0.2, 0) is 0 Å². The third kappa shape index (κ3) is 4.84. The lowest BCUT2D eigenvalue weighted by atomic mass is 9.90. The van der Waals surface area contributed by atoms with Gasteiger partial charge in [-0.1, -0.05) is 26.7 Å². The van der Waals surface area contributed by atoms with Crippen molar-refractivity contribution >= 4 is 5.96 Å². The van der Waals surface area contributed by atoms with Gasteiger partial charge in [-0.2, -0.15) is 0 Å². The van der Waals surface area contributed by atoms with Crippen LogP contribution in [-0.4, -0.2) is 30.3 Å². The molecule has 0 radical (unpaired) electrons. The molecule has 4 nitrogen and oxygen atoms in total. The Hall–Kier alpha value is -0.770. The van der Waals surface area contributed by atoms with E-state index < -0.39 is 0 Å². The summed E-state index contributed by atoms with van der Waals surface area (Å²) in [5.74, 6) is 0.554. The summed E-state index contributed by atoms with van der Waals surface area (Å²) < 4.78 is 0. The molecule has 1 rings (SSSR count). The van der Waals surface area contributed by atoms with Crippen LogP contribution in [0.3, 0.4) is 0 Å². The molecule has 16 heavy (non-hydrogen) atoms. The molecular weight excluding hydrogens is 202 g/mol. The first-order valence-corrected chi connectivity index (χ1v) is 6.21. The van der Waals surface area contributed by atoms with Gasteiger partial charge in [0.2, 0.25) is 0 Å². The highest BCUT2D eigenvalue weighted by Gasteiger charge is 2.18. The lowest BCUT2D eigenvalue weighted by Crippen LogP contribution is -2.39. The minimum absolute atomic E-state index is 0.0245. The SMILES string of the molecule is CC(C)(CCO)CN=C(N)NC1CCCC1. The highest BCUT2D eigenvalue weighted by atomic mass is 16.3. The van der Waals surface area contributed by atoms with Crippen molar-refractivity contribution in [2.24, 2.45) is 16.1 Å². The van der Waals surface area contributed by atoms with E-state index in [1.165, 1.54) is 25.7 Å². The third-order valence-electron chi connectivity index (χ3n) is 3.17. The fraction of sp³-hybridized carbons (Fsp3) is 0.917. The summed E-state index contributed by atoms with van der Waals surface area (Å²) in [6.07, 6.45) is 5.75.